The molecule has 63 heavy (non-hydrogen) atoms. The summed E-state index contributed by atoms with van der Waals surface area (Å²) < 4.78 is 6.63. The molecule has 0 fully saturated rings. The number of hydrogen-bond donors (Lipinski definition) is 0. The summed E-state index contributed by atoms with van der Waals surface area (Å²) in [4.78, 5) is 2.43. The molecule has 294 valence electrons. The van der Waals surface area contributed by atoms with E-state index < -0.39 is 5.41 Å². The molecule has 0 unspecified atom stereocenters. The molecule has 2 heteroatoms. The van der Waals surface area contributed by atoms with Crippen LogP contribution in [0.2, 0.25) is 0 Å². The largest absolute Gasteiger partial charge is 0.456 e. The van der Waals surface area contributed by atoms with Gasteiger partial charge in [-0.05, 0) is 126 Å². The van der Waals surface area contributed by atoms with E-state index in [-0.39, 0.29) is 0 Å². The molecule has 13 rings (SSSR count). The van der Waals surface area contributed by atoms with Gasteiger partial charge in [0.25, 0.3) is 0 Å². The molecule has 2 nitrogen and oxygen atoms in total. The van der Waals surface area contributed by atoms with Crippen molar-refractivity contribution in [3.05, 3.63) is 259 Å². The summed E-state index contributed by atoms with van der Waals surface area (Å²) in [6, 6.07) is 86.7. The standard InChI is InChI=1S/C61H39NO/c1-2-16-40(17-3-1)41-30-32-42(33-31-41)62(43-34-36-47-51-23-9-14-28-59(51)63-60-29-15-10-24-52(60)53(47)38-43)44-35-37-58-54(39-44)46-19-5-4-18-45(46)48-20-6-11-25-55(48)61(58)56-26-12-7-21-49(56)50-22-8-13-27-57(50)61/h1-39H. The Morgan fingerprint density at radius 1 is 0.254 bits per heavy atom. The molecule has 0 aromatic heterocycles. The number of ether oxygens (including phenoxy) is 1. The maximum Gasteiger partial charge on any atom is 0.135 e. The minimum absolute atomic E-state index is 0.542. The van der Waals surface area contributed by atoms with Gasteiger partial charge in [0.1, 0.15) is 11.5 Å². The van der Waals surface area contributed by atoms with Gasteiger partial charge in [0.05, 0.1) is 5.41 Å². The van der Waals surface area contributed by atoms with Crippen molar-refractivity contribution in [3.8, 4) is 78.3 Å². The highest BCUT2D eigenvalue weighted by atomic mass is 16.5. The normalized spacial score (nSPS) is 13.0. The molecular formula is C61H39NO. The van der Waals surface area contributed by atoms with Crippen LogP contribution in [0.25, 0.3) is 66.8 Å². The summed E-state index contributed by atoms with van der Waals surface area (Å²) in [6.45, 7) is 0. The van der Waals surface area contributed by atoms with Crippen LogP contribution in [0.5, 0.6) is 11.5 Å². The number of anilines is 3. The van der Waals surface area contributed by atoms with Crippen LogP contribution in [0.1, 0.15) is 22.3 Å². The number of rotatable bonds is 4. The lowest BCUT2D eigenvalue weighted by Gasteiger charge is -2.36. The van der Waals surface area contributed by atoms with Crippen molar-refractivity contribution in [3.63, 3.8) is 0 Å². The lowest BCUT2D eigenvalue weighted by Crippen LogP contribution is -2.29. The lowest BCUT2D eigenvalue weighted by molar-refractivity contribution is 0.488. The maximum atomic E-state index is 6.63. The number of hydrogen-bond acceptors (Lipinski definition) is 2. The third-order valence-corrected chi connectivity index (χ3v) is 13.5. The molecule has 0 saturated heterocycles. The van der Waals surface area contributed by atoms with Gasteiger partial charge in [-0.25, -0.2) is 0 Å². The number of benzene rings is 10. The molecule has 0 N–H and O–H groups in total. The zero-order valence-corrected chi connectivity index (χ0v) is 34.4. The molecule has 1 aliphatic heterocycles. The molecule has 0 radical (unpaired) electrons. The summed E-state index contributed by atoms with van der Waals surface area (Å²) in [5, 5.41) is 0. The fourth-order valence-electron chi connectivity index (χ4n) is 10.9. The quantitative estimate of drug-likeness (QED) is 0.176. The van der Waals surface area contributed by atoms with Crippen LogP contribution in [0, 0.1) is 0 Å². The Balaban J connectivity index is 1.09. The van der Waals surface area contributed by atoms with Gasteiger partial charge in [-0.15, -0.1) is 0 Å². The van der Waals surface area contributed by atoms with Crippen LogP contribution in [0.4, 0.5) is 17.1 Å². The summed E-state index contributed by atoms with van der Waals surface area (Å²) in [7, 11) is 0. The molecule has 10 aromatic carbocycles. The van der Waals surface area contributed by atoms with Gasteiger partial charge in [-0.2, -0.15) is 0 Å². The second-order valence-corrected chi connectivity index (χ2v) is 16.7. The SMILES string of the molecule is c1ccc(-c2ccc(N(c3ccc4c(c3)-c3ccccc3Oc3ccccc3-4)c3ccc4c(c3)-c3ccccc3-c3ccccc3C43c4ccccc4-c4ccccc43)cc2)cc1. The predicted octanol–water partition coefficient (Wildman–Crippen LogP) is 16.3. The summed E-state index contributed by atoms with van der Waals surface area (Å²) >= 11 is 0. The van der Waals surface area contributed by atoms with Crippen LogP contribution < -0.4 is 9.64 Å². The van der Waals surface area contributed by atoms with E-state index in [0.717, 1.165) is 50.8 Å². The Morgan fingerprint density at radius 2 is 0.635 bits per heavy atom. The Morgan fingerprint density at radius 3 is 1.24 bits per heavy atom. The number of fused-ring (bicyclic) bond motifs is 17. The molecule has 2 aliphatic carbocycles. The Hall–Kier alpha value is -8.20. The monoisotopic (exact) mass is 801 g/mol. The lowest BCUT2D eigenvalue weighted by atomic mass is 9.66. The molecule has 10 aromatic rings. The van der Waals surface area contributed by atoms with E-state index in [0.29, 0.717) is 0 Å². The molecule has 1 heterocycles. The highest BCUT2D eigenvalue weighted by Gasteiger charge is 2.49. The van der Waals surface area contributed by atoms with Crippen LogP contribution in [0.3, 0.4) is 0 Å². The first-order valence-corrected chi connectivity index (χ1v) is 21.8. The smallest absolute Gasteiger partial charge is 0.135 e. The first-order chi connectivity index (χ1) is 31.3. The van der Waals surface area contributed by atoms with Gasteiger partial charge in [0.15, 0.2) is 0 Å². The van der Waals surface area contributed by atoms with Crippen molar-refractivity contribution < 1.29 is 4.74 Å². The summed E-state index contributed by atoms with van der Waals surface area (Å²) in [6.07, 6.45) is 0. The molecule has 0 atom stereocenters. The first-order valence-electron chi connectivity index (χ1n) is 21.8. The number of para-hydroxylation sites is 2. The van der Waals surface area contributed by atoms with Crippen LogP contribution in [0.15, 0.2) is 237 Å². The van der Waals surface area contributed by atoms with Crippen molar-refractivity contribution >= 4 is 17.1 Å². The summed E-state index contributed by atoms with van der Waals surface area (Å²) in [5.41, 5.74) is 22.2. The molecule has 3 aliphatic rings. The second kappa shape index (κ2) is 13.9. The van der Waals surface area contributed by atoms with E-state index in [1.807, 2.05) is 6.07 Å². The van der Waals surface area contributed by atoms with Gasteiger partial charge in [-0.1, -0.05) is 188 Å². The van der Waals surface area contributed by atoms with Gasteiger partial charge in [-0.3, -0.25) is 0 Å². The zero-order valence-electron chi connectivity index (χ0n) is 34.4. The van der Waals surface area contributed by atoms with Crippen LogP contribution in [-0.2, 0) is 5.41 Å². The van der Waals surface area contributed by atoms with Gasteiger partial charge in [0, 0.05) is 28.2 Å². The fraction of sp³-hybridized carbons (Fsp3) is 0.0164. The molecule has 0 amide bonds. The van der Waals surface area contributed by atoms with Gasteiger partial charge < -0.3 is 9.64 Å². The Kier molecular flexibility index (Phi) is 7.85. The van der Waals surface area contributed by atoms with E-state index in [2.05, 4.69) is 235 Å². The zero-order chi connectivity index (χ0) is 41.5. The average molecular weight is 802 g/mol. The van der Waals surface area contributed by atoms with E-state index in [4.69, 9.17) is 4.74 Å². The number of nitrogens with zero attached hydrogens (tertiary/aromatic N) is 1. The third-order valence-electron chi connectivity index (χ3n) is 13.5. The third kappa shape index (κ3) is 5.25. The van der Waals surface area contributed by atoms with Crippen molar-refractivity contribution in [1.82, 2.24) is 0 Å². The second-order valence-electron chi connectivity index (χ2n) is 16.7. The molecule has 0 saturated carbocycles. The Labute approximate surface area is 367 Å². The molecular weight excluding hydrogens is 763 g/mol. The van der Waals surface area contributed by atoms with E-state index in [9.17, 15) is 0 Å². The minimum atomic E-state index is -0.542. The minimum Gasteiger partial charge on any atom is -0.456 e. The highest BCUT2D eigenvalue weighted by molar-refractivity contribution is 5.99. The van der Waals surface area contributed by atoms with E-state index in [1.165, 1.54) is 66.8 Å². The molecule has 0 bridgehead atoms. The van der Waals surface area contributed by atoms with Crippen molar-refractivity contribution in [1.29, 1.82) is 0 Å². The van der Waals surface area contributed by atoms with Crippen molar-refractivity contribution in [2.75, 3.05) is 4.90 Å². The topological polar surface area (TPSA) is 12.5 Å². The highest BCUT2D eigenvalue weighted by Crippen LogP contribution is 2.62. The van der Waals surface area contributed by atoms with Crippen molar-refractivity contribution in [2.45, 2.75) is 5.41 Å². The molecule has 1 spiro atoms. The van der Waals surface area contributed by atoms with Gasteiger partial charge >= 0.3 is 0 Å². The van der Waals surface area contributed by atoms with Gasteiger partial charge in [0.2, 0.25) is 0 Å². The van der Waals surface area contributed by atoms with Crippen molar-refractivity contribution in [2.24, 2.45) is 0 Å². The maximum absolute atomic E-state index is 6.63. The van der Waals surface area contributed by atoms with Crippen LogP contribution in [-0.4, -0.2) is 0 Å². The van der Waals surface area contributed by atoms with E-state index >= 15 is 0 Å². The predicted molar refractivity (Wildman–Crippen MR) is 259 cm³/mol. The summed E-state index contributed by atoms with van der Waals surface area (Å²) in [5.74, 6) is 1.71. The fourth-order valence-corrected chi connectivity index (χ4v) is 10.9. The van der Waals surface area contributed by atoms with E-state index in [1.54, 1.807) is 0 Å². The Bertz CT molecular complexity index is 3390. The average Bonchev–Trinajstić information content (AvgIpc) is 3.50. The first kappa shape index (κ1) is 35.5. The van der Waals surface area contributed by atoms with Crippen LogP contribution >= 0.6 is 0 Å².